The van der Waals surface area contributed by atoms with Crippen LogP contribution in [0.2, 0.25) is 0 Å². The normalized spacial score (nSPS) is 11.1. The van der Waals surface area contributed by atoms with Gasteiger partial charge in [0.2, 0.25) is 0 Å². The van der Waals surface area contributed by atoms with Gasteiger partial charge < -0.3 is 9.88 Å². The Bertz CT molecular complexity index is 514. The van der Waals surface area contributed by atoms with E-state index in [0.29, 0.717) is 0 Å². The van der Waals surface area contributed by atoms with Gasteiger partial charge in [0.05, 0.1) is 34.4 Å². The zero-order valence-electron chi connectivity index (χ0n) is 10.2. The summed E-state index contributed by atoms with van der Waals surface area (Å²) >= 11 is 3.57. The number of aromatic nitrogens is 4. The SMILES string of the molecule is CNCc1cn(Cc2c(Br)c(C)nn2C)cn1. The first-order chi connectivity index (χ1) is 8.11. The molecule has 0 fully saturated rings. The van der Waals surface area contributed by atoms with Crippen LogP contribution < -0.4 is 5.32 Å². The van der Waals surface area contributed by atoms with Crippen LogP contribution in [-0.4, -0.2) is 26.4 Å². The molecule has 0 atom stereocenters. The van der Waals surface area contributed by atoms with Gasteiger partial charge in [-0.25, -0.2) is 4.98 Å². The number of hydrogen-bond donors (Lipinski definition) is 1. The summed E-state index contributed by atoms with van der Waals surface area (Å²) in [5.74, 6) is 0. The summed E-state index contributed by atoms with van der Waals surface area (Å²) in [6, 6.07) is 0. The molecule has 2 rings (SSSR count). The molecule has 5 nitrogen and oxygen atoms in total. The van der Waals surface area contributed by atoms with Gasteiger partial charge in [0, 0.05) is 19.8 Å². The minimum Gasteiger partial charge on any atom is -0.331 e. The van der Waals surface area contributed by atoms with Crippen molar-refractivity contribution in [2.24, 2.45) is 7.05 Å². The van der Waals surface area contributed by atoms with Crippen molar-refractivity contribution in [3.63, 3.8) is 0 Å². The van der Waals surface area contributed by atoms with Gasteiger partial charge in [-0.3, -0.25) is 4.68 Å². The second-order valence-electron chi connectivity index (χ2n) is 4.04. The molecule has 2 aromatic heterocycles. The minimum atomic E-state index is 0.772. The van der Waals surface area contributed by atoms with Gasteiger partial charge in [-0.15, -0.1) is 0 Å². The third-order valence-electron chi connectivity index (χ3n) is 2.64. The number of halogens is 1. The Morgan fingerprint density at radius 1 is 1.47 bits per heavy atom. The van der Waals surface area contributed by atoms with E-state index >= 15 is 0 Å². The maximum absolute atomic E-state index is 4.37. The molecule has 0 amide bonds. The molecular weight excluding hydrogens is 282 g/mol. The summed E-state index contributed by atoms with van der Waals surface area (Å²) in [6.07, 6.45) is 3.90. The highest BCUT2D eigenvalue weighted by molar-refractivity contribution is 9.10. The molecule has 0 radical (unpaired) electrons. The fraction of sp³-hybridized carbons (Fsp3) is 0.455. The quantitative estimate of drug-likeness (QED) is 0.929. The molecule has 6 heteroatoms. The predicted octanol–water partition coefficient (Wildman–Crippen LogP) is 1.46. The number of imidazole rings is 1. The third-order valence-corrected chi connectivity index (χ3v) is 3.67. The van der Waals surface area contributed by atoms with Crippen molar-refractivity contribution in [2.75, 3.05) is 7.05 Å². The van der Waals surface area contributed by atoms with Crippen molar-refractivity contribution in [1.29, 1.82) is 0 Å². The van der Waals surface area contributed by atoms with Crippen molar-refractivity contribution in [2.45, 2.75) is 20.0 Å². The van der Waals surface area contributed by atoms with Crippen LogP contribution in [0.5, 0.6) is 0 Å². The maximum atomic E-state index is 4.37. The summed E-state index contributed by atoms with van der Waals surface area (Å²) in [4.78, 5) is 4.32. The van der Waals surface area contributed by atoms with Crippen LogP contribution in [-0.2, 0) is 20.1 Å². The van der Waals surface area contributed by atoms with E-state index in [1.165, 1.54) is 0 Å². The molecule has 0 aliphatic rings. The van der Waals surface area contributed by atoms with Crippen LogP contribution in [0.25, 0.3) is 0 Å². The molecule has 1 N–H and O–H groups in total. The first kappa shape index (κ1) is 12.3. The molecule has 2 aromatic rings. The van der Waals surface area contributed by atoms with E-state index in [4.69, 9.17) is 0 Å². The Kier molecular flexibility index (Phi) is 3.63. The summed E-state index contributed by atoms with van der Waals surface area (Å²) in [7, 11) is 3.87. The molecule has 0 aromatic carbocycles. The Morgan fingerprint density at radius 2 is 2.24 bits per heavy atom. The lowest BCUT2D eigenvalue weighted by atomic mass is 10.3. The molecule has 0 saturated carbocycles. The smallest absolute Gasteiger partial charge is 0.0953 e. The number of hydrogen-bond acceptors (Lipinski definition) is 3. The first-order valence-corrected chi connectivity index (χ1v) is 6.24. The number of nitrogens with zero attached hydrogens (tertiary/aromatic N) is 4. The Balaban J connectivity index is 2.19. The van der Waals surface area contributed by atoms with Crippen molar-refractivity contribution in [1.82, 2.24) is 24.6 Å². The number of rotatable bonds is 4. The zero-order chi connectivity index (χ0) is 12.4. The van der Waals surface area contributed by atoms with Gasteiger partial charge in [0.25, 0.3) is 0 Å². The van der Waals surface area contributed by atoms with E-state index in [0.717, 1.165) is 34.6 Å². The maximum Gasteiger partial charge on any atom is 0.0953 e. The van der Waals surface area contributed by atoms with Gasteiger partial charge in [-0.2, -0.15) is 5.10 Å². The second-order valence-corrected chi connectivity index (χ2v) is 4.83. The molecule has 17 heavy (non-hydrogen) atoms. The van der Waals surface area contributed by atoms with E-state index in [2.05, 4.69) is 35.9 Å². The summed E-state index contributed by atoms with van der Waals surface area (Å²) in [5.41, 5.74) is 3.21. The summed E-state index contributed by atoms with van der Waals surface area (Å²) in [5, 5.41) is 7.46. The molecule has 0 spiro atoms. The first-order valence-electron chi connectivity index (χ1n) is 5.45. The molecular formula is C11H16BrN5. The number of nitrogens with one attached hydrogen (secondary N) is 1. The predicted molar refractivity (Wildman–Crippen MR) is 69.7 cm³/mol. The van der Waals surface area contributed by atoms with Crippen LogP contribution in [0, 0.1) is 6.92 Å². The van der Waals surface area contributed by atoms with Crippen LogP contribution in [0.1, 0.15) is 17.1 Å². The molecule has 92 valence electrons. The van der Waals surface area contributed by atoms with Crippen LogP contribution in [0.3, 0.4) is 0 Å². The molecule has 0 saturated heterocycles. The highest BCUT2D eigenvalue weighted by Gasteiger charge is 2.11. The van der Waals surface area contributed by atoms with Gasteiger partial charge >= 0.3 is 0 Å². The summed E-state index contributed by atoms with van der Waals surface area (Å²) < 4.78 is 5.04. The highest BCUT2D eigenvalue weighted by atomic mass is 79.9. The van der Waals surface area contributed by atoms with Gasteiger partial charge in [0.1, 0.15) is 0 Å². The van der Waals surface area contributed by atoms with Crippen molar-refractivity contribution < 1.29 is 0 Å². The van der Waals surface area contributed by atoms with E-state index in [1.54, 1.807) is 0 Å². The van der Waals surface area contributed by atoms with Crippen molar-refractivity contribution >= 4 is 15.9 Å². The lowest BCUT2D eigenvalue weighted by Crippen LogP contribution is -2.06. The van der Waals surface area contributed by atoms with E-state index < -0.39 is 0 Å². The topological polar surface area (TPSA) is 47.7 Å². The molecule has 0 aliphatic carbocycles. The van der Waals surface area contributed by atoms with Crippen LogP contribution >= 0.6 is 15.9 Å². The molecule has 0 unspecified atom stereocenters. The Labute approximate surface area is 109 Å². The molecule has 0 bridgehead atoms. The second kappa shape index (κ2) is 5.01. The third kappa shape index (κ3) is 2.58. The van der Waals surface area contributed by atoms with Gasteiger partial charge in [-0.1, -0.05) is 0 Å². The van der Waals surface area contributed by atoms with Crippen molar-refractivity contribution in [3.8, 4) is 0 Å². The minimum absolute atomic E-state index is 0.772. The fourth-order valence-corrected chi connectivity index (χ4v) is 2.25. The Morgan fingerprint density at radius 3 is 2.82 bits per heavy atom. The monoisotopic (exact) mass is 297 g/mol. The van der Waals surface area contributed by atoms with Gasteiger partial charge in [-0.05, 0) is 29.9 Å². The largest absolute Gasteiger partial charge is 0.331 e. The Hall–Kier alpha value is -1.14. The zero-order valence-corrected chi connectivity index (χ0v) is 11.8. The van der Waals surface area contributed by atoms with Crippen LogP contribution in [0.4, 0.5) is 0 Å². The standard InChI is InChI=1S/C11H16BrN5/c1-8-11(12)10(16(3)15-8)6-17-5-9(4-13-2)14-7-17/h5,7,13H,4,6H2,1-3H3. The molecule has 0 aliphatic heterocycles. The molecule has 2 heterocycles. The average molecular weight is 298 g/mol. The highest BCUT2D eigenvalue weighted by Crippen LogP contribution is 2.21. The lowest BCUT2D eigenvalue weighted by Gasteiger charge is -2.03. The van der Waals surface area contributed by atoms with E-state index in [1.807, 2.05) is 38.2 Å². The lowest BCUT2D eigenvalue weighted by molar-refractivity contribution is 0.661. The van der Waals surface area contributed by atoms with Gasteiger partial charge in [0.15, 0.2) is 0 Å². The van der Waals surface area contributed by atoms with E-state index in [9.17, 15) is 0 Å². The van der Waals surface area contributed by atoms with E-state index in [-0.39, 0.29) is 0 Å². The average Bonchev–Trinajstić information content (AvgIpc) is 2.81. The van der Waals surface area contributed by atoms with Crippen LogP contribution in [0.15, 0.2) is 17.0 Å². The fourth-order valence-electron chi connectivity index (χ4n) is 1.79. The van der Waals surface area contributed by atoms with Crippen molar-refractivity contribution in [3.05, 3.63) is 34.1 Å². The summed E-state index contributed by atoms with van der Waals surface area (Å²) in [6.45, 7) is 3.56. The number of aryl methyl sites for hydroxylation is 2.